The van der Waals surface area contributed by atoms with E-state index in [2.05, 4.69) is 21.3 Å². The Balaban J connectivity index is 1.20. The minimum absolute atomic E-state index is 0.0863. The molecular formula is C44H70N4O25. The number of ether oxygens (including phenoxy) is 8. The number of aliphatic hydroxyl groups is 13. The Kier molecular flexibility index (Phi) is 23.9. The van der Waals surface area contributed by atoms with Gasteiger partial charge in [0.15, 0.2) is 25.2 Å². The summed E-state index contributed by atoms with van der Waals surface area (Å²) >= 11 is 0. The summed E-state index contributed by atoms with van der Waals surface area (Å²) in [6.07, 6.45) is -33.6. The highest BCUT2D eigenvalue weighted by Gasteiger charge is 2.52. The van der Waals surface area contributed by atoms with Gasteiger partial charge < -0.3 is 126 Å². The Labute approximate surface area is 417 Å². The van der Waals surface area contributed by atoms with Crippen molar-refractivity contribution in [2.24, 2.45) is 0 Å². The Morgan fingerprint density at radius 2 is 1.05 bits per heavy atom. The zero-order valence-electron chi connectivity index (χ0n) is 39.7. The number of aliphatic hydroxyl groups excluding tert-OH is 13. The number of para-hydroxylation sites is 1. The van der Waals surface area contributed by atoms with Gasteiger partial charge in [-0.1, -0.05) is 18.2 Å². The molecule has 0 aromatic heterocycles. The van der Waals surface area contributed by atoms with E-state index in [-0.39, 0.29) is 44.9 Å². The second-order valence-electron chi connectivity index (χ2n) is 17.9. The maximum Gasteiger partial charge on any atom is 0.243 e. The largest absolute Gasteiger partial charge is 0.394 e. The summed E-state index contributed by atoms with van der Waals surface area (Å²) in [7, 11) is 0. The van der Waals surface area contributed by atoms with Crippen molar-refractivity contribution in [1.82, 2.24) is 16.0 Å². The maximum absolute atomic E-state index is 13.6. The molecule has 0 saturated carbocycles. The molecule has 4 heterocycles. The fraction of sp³-hybridized carbons (Fsp3) is 0.773. The molecule has 21 atom stereocenters. The molecule has 416 valence electrons. The summed E-state index contributed by atoms with van der Waals surface area (Å²) in [6, 6.07) is 7.22. The summed E-state index contributed by atoms with van der Waals surface area (Å²) in [5, 5.41) is 145. The zero-order chi connectivity index (χ0) is 53.5. The average molecular weight is 1060 g/mol. The number of benzene rings is 1. The smallest absolute Gasteiger partial charge is 0.243 e. The number of carbonyl (C=O) groups is 4. The van der Waals surface area contributed by atoms with Crippen molar-refractivity contribution in [1.29, 1.82) is 0 Å². The fourth-order valence-electron chi connectivity index (χ4n) is 8.11. The maximum atomic E-state index is 13.6. The first kappa shape index (κ1) is 60.1. The molecule has 4 aliphatic heterocycles. The van der Waals surface area contributed by atoms with Crippen molar-refractivity contribution in [3.8, 4) is 0 Å². The molecule has 0 aliphatic carbocycles. The highest BCUT2D eigenvalue weighted by molar-refractivity contribution is 5.92. The van der Waals surface area contributed by atoms with Crippen molar-refractivity contribution in [2.45, 2.75) is 168 Å². The van der Waals surface area contributed by atoms with E-state index in [0.717, 1.165) is 0 Å². The Bertz CT molecular complexity index is 1860. The van der Waals surface area contributed by atoms with E-state index >= 15 is 0 Å². The Morgan fingerprint density at radius 1 is 0.548 bits per heavy atom. The Morgan fingerprint density at radius 3 is 1.66 bits per heavy atom. The predicted octanol–water partition coefficient (Wildman–Crippen LogP) is -8.40. The van der Waals surface area contributed by atoms with Gasteiger partial charge in [0, 0.05) is 31.6 Å². The molecule has 4 fully saturated rings. The highest BCUT2D eigenvalue weighted by Crippen LogP contribution is 2.31. The third kappa shape index (κ3) is 16.6. The molecule has 1 unspecified atom stereocenters. The summed E-state index contributed by atoms with van der Waals surface area (Å²) in [5.74, 6) is -2.56. The van der Waals surface area contributed by atoms with Gasteiger partial charge in [-0.15, -0.1) is 0 Å². The van der Waals surface area contributed by atoms with Crippen LogP contribution in [0.5, 0.6) is 0 Å². The van der Waals surface area contributed by atoms with Crippen LogP contribution in [0.2, 0.25) is 0 Å². The molecule has 1 aromatic carbocycles. The summed E-state index contributed by atoms with van der Waals surface area (Å²) < 4.78 is 44.2. The van der Waals surface area contributed by atoms with Crippen LogP contribution in [0, 0.1) is 0 Å². The molecular weight excluding hydrogens is 984 g/mol. The number of nitrogens with one attached hydrogen (secondary N) is 4. The highest BCUT2D eigenvalue weighted by atomic mass is 16.8. The van der Waals surface area contributed by atoms with E-state index in [1.807, 2.05) is 0 Å². The van der Waals surface area contributed by atoms with Crippen LogP contribution in [-0.2, 0) is 57.1 Å². The molecule has 73 heavy (non-hydrogen) atoms. The number of amides is 4. The van der Waals surface area contributed by atoms with Crippen molar-refractivity contribution >= 4 is 29.3 Å². The molecule has 4 saturated heterocycles. The van der Waals surface area contributed by atoms with Gasteiger partial charge in [-0.05, 0) is 31.9 Å². The second-order valence-corrected chi connectivity index (χ2v) is 17.9. The summed E-state index contributed by atoms with van der Waals surface area (Å²) in [6.45, 7) is -2.24. The monoisotopic (exact) mass is 1050 g/mol. The van der Waals surface area contributed by atoms with Gasteiger partial charge in [-0.3, -0.25) is 19.2 Å². The topological polar surface area (TPSA) is 453 Å². The number of hydrogen-bond donors (Lipinski definition) is 17. The Hall–Kier alpha value is -3.74. The first-order valence-electron chi connectivity index (χ1n) is 23.8. The van der Waals surface area contributed by atoms with E-state index in [9.17, 15) is 85.6 Å². The third-order valence-electron chi connectivity index (χ3n) is 12.4. The first-order chi connectivity index (χ1) is 34.7. The average Bonchev–Trinajstić information content (AvgIpc) is 3.37. The standard InChI is InChI=1S/C44H70N4O25/c1-19-28(54)32(58)35(61)41(69-19)66-13-11-45-27(53)15-21(48-26(52)10-6-5-9-25(51)47-20-7-3-2-4-8-20)40(65)46-12-14-67-43-38(64)39(73-44-37(63)34(60)30(56)23(17-50)71-44)31(57)24(72-43)18-68-42-36(62)33(59)29(55)22(16-49)70-42/h2-4,7-8,19,21-24,28-39,41-44,49-50,54-64H,5-6,9-18H2,1H3,(H,45,53)(H,46,65)(H,47,51)(H,48,52)/t19-,21?,22+,23+,24+,28+,29+,30+,31+,32+,33-,34-,35-,36-,37-,38-,39-,41+,42-,43-,44+/m0/s1. The molecule has 0 bridgehead atoms. The summed E-state index contributed by atoms with van der Waals surface area (Å²) in [5.41, 5.74) is 0.595. The lowest BCUT2D eigenvalue weighted by Gasteiger charge is -2.46. The SMILES string of the molecule is C[C@@H]1O[C@@H](OCCNC(=O)CC(NC(=O)CCCCC(=O)Nc2ccccc2)C(=O)NCCO[C@H]2O[C@H](CO[C@H]3O[C@H](CO)[C@@H](O)[C@H](O)[C@@H]3O)[C@@H](O)[C@H](O[C@H]3O[C@H](CO)[C@@H](O)[C@H](O)[C@@H]3O)[C@@H]2O)[C@@H](O)[C@H](O)[C@@H]1O. The molecule has 1 aromatic rings. The van der Waals surface area contributed by atoms with Crippen LogP contribution in [0.15, 0.2) is 30.3 Å². The lowest BCUT2D eigenvalue weighted by Crippen LogP contribution is -2.65. The van der Waals surface area contributed by atoms with E-state index < -0.39 is 179 Å². The summed E-state index contributed by atoms with van der Waals surface area (Å²) in [4.78, 5) is 52.1. The lowest BCUT2D eigenvalue weighted by molar-refractivity contribution is -0.366. The normalized spacial score (nSPS) is 37.2. The second kappa shape index (κ2) is 29.0. The van der Waals surface area contributed by atoms with Gasteiger partial charge in [-0.2, -0.15) is 0 Å². The third-order valence-corrected chi connectivity index (χ3v) is 12.4. The van der Waals surface area contributed by atoms with Crippen molar-refractivity contribution < 1.29 is 123 Å². The van der Waals surface area contributed by atoms with Gasteiger partial charge in [0.1, 0.15) is 97.6 Å². The van der Waals surface area contributed by atoms with Gasteiger partial charge >= 0.3 is 0 Å². The minimum Gasteiger partial charge on any atom is -0.394 e. The van der Waals surface area contributed by atoms with E-state index in [0.29, 0.717) is 12.1 Å². The van der Waals surface area contributed by atoms with Crippen molar-refractivity contribution in [3.63, 3.8) is 0 Å². The number of carbonyl (C=O) groups excluding carboxylic acids is 4. The number of anilines is 1. The minimum atomic E-state index is -1.99. The van der Waals surface area contributed by atoms with E-state index in [1.165, 1.54) is 6.92 Å². The molecule has 5 rings (SSSR count). The van der Waals surface area contributed by atoms with Gasteiger partial charge in [0.25, 0.3) is 0 Å². The predicted molar refractivity (Wildman–Crippen MR) is 239 cm³/mol. The first-order valence-corrected chi connectivity index (χ1v) is 23.8. The fourth-order valence-corrected chi connectivity index (χ4v) is 8.11. The number of unbranched alkanes of at least 4 members (excludes halogenated alkanes) is 1. The van der Waals surface area contributed by atoms with Gasteiger partial charge in [0.2, 0.25) is 23.6 Å². The van der Waals surface area contributed by atoms with Gasteiger partial charge in [-0.25, -0.2) is 0 Å². The van der Waals surface area contributed by atoms with Crippen LogP contribution >= 0.6 is 0 Å². The van der Waals surface area contributed by atoms with Crippen LogP contribution in [0.4, 0.5) is 5.69 Å². The van der Waals surface area contributed by atoms with Crippen LogP contribution in [0.25, 0.3) is 0 Å². The number of hydrogen-bond acceptors (Lipinski definition) is 25. The van der Waals surface area contributed by atoms with Gasteiger partial charge in [0.05, 0.1) is 45.6 Å². The molecule has 17 N–H and O–H groups in total. The van der Waals surface area contributed by atoms with E-state index in [4.69, 9.17) is 37.9 Å². The lowest BCUT2D eigenvalue weighted by atomic mass is 9.96. The van der Waals surface area contributed by atoms with Crippen LogP contribution < -0.4 is 21.3 Å². The van der Waals surface area contributed by atoms with Crippen LogP contribution in [-0.4, -0.2) is 265 Å². The van der Waals surface area contributed by atoms with Crippen molar-refractivity contribution in [2.75, 3.05) is 51.4 Å². The van der Waals surface area contributed by atoms with Crippen molar-refractivity contribution in [3.05, 3.63) is 30.3 Å². The van der Waals surface area contributed by atoms with Crippen LogP contribution in [0.1, 0.15) is 39.0 Å². The molecule has 0 spiro atoms. The molecule has 29 heteroatoms. The molecule has 0 radical (unpaired) electrons. The zero-order valence-corrected chi connectivity index (χ0v) is 39.7. The number of rotatable bonds is 25. The van der Waals surface area contributed by atoms with E-state index in [1.54, 1.807) is 30.3 Å². The molecule has 4 aliphatic rings. The quantitative estimate of drug-likeness (QED) is 0.0404. The molecule has 4 amide bonds. The van der Waals surface area contributed by atoms with Crippen LogP contribution in [0.3, 0.4) is 0 Å². The molecule has 29 nitrogen and oxygen atoms in total.